The molecule has 0 aromatic heterocycles. The zero-order valence-corrected chi connectivity index (χ0v) is 10.5. The Hall–Kier alpha value is -0.0800. The lowest BCUT2D eigenvalue weighted by molar-refractivity contribution is 0.195. The standard InChI is InChI=1S/C13H26N2/c1-4-15(10(2)3)9-13-12-7-5-6-11(12)8-14-13/h10-14H,4-9H2,1-3H3. The molecular formula is C13H26N2. The number of rotatable bonds is 4. The molecule has 1 saturated carbocycles. The van der Waals surface area contributed by atoms with Crippen LogP contribution in [0.25, 0.3) is 0 Å². The van der Waals surface area contributed by atoms with Gasteiger partial charge in [0.05, 0.1) is 0 Å². The summed E-state index contributed by atoms with van der Waals surface area (Å²) in [5, 5.41) is 3.74. The van der Waals surface area contributed by atoms with Gasteiger partial charge < -0.3 is 5.32 Å². The highest BCUT2D eigenvalue weighted by atomic mass is 15.2. The molecule has 0 radical (unpaired) electrons. The fourth-order valence-electron chi connectivity index (χ4n) is 3.46. The number of nitrogens with one attached hydrogen (secondary N) is 1. The minimum absolute atomic E-state index is 0.692. The third-order valence-electron chi connectivity index (χ3n) is 4.44. The van der Waals surface area contributed by atoms with E-state index in [1.807, 2.05) is 0 Å². The van der Waals surface area contributed by atoms with Crippen LogP contribution in [-0.4, -0.2) is 36.6 Å². The molecule has 3 atom stereocenters. The van der Waals surface area contributed by atoms with Crippen LogP contribution >= 0.6 is 0 Å². The molecule has 2 fully saturated rings. The fraction of sp³-hybridized carbons (Fsp3) is 1.00. The predicted molar refractivity (Wildman–Crippen MR) is 65.0 cm³/mol. The van der Waals surface area contributed by atoms with Crippen LogP contribution in [0.3, 0.4) is 0 Å². The summed E-state index contributed by atoms with van der Waals surface area (Å²) in [7, 11) is 0. The summed E-state index contributed by atoms with van der Waals surface area (Å²) in [4.78, 5) is 2.60. The second kappa shape index (κ2) is 4.84. The largest absolute Gasteiger partial charge is 0.312 e. The summed E-state index contributed by atoms with van der Waals surface area (Å²) in [6.45, 7) is 10.6. The number of nitrogens with zero attached hydrogens (tertiary/aromatic N) is 1. The van der Waals surface area contributed by atoms with Gasteiger partial charge in [0.1, 0.15) is 0 Å². The van der Waals surface area contributed by atoms with E-state index in [0.29, 0.717) is 6.04 Å². The Morgan fingerprint density at radius 2 is 2.13 bits per heavy atom. The summed E-state index contributed by atoms with van der Waals surface area (Å²) in [5.41, 5.74) is 0. The van der Waals surface area contributed by atoms with Gasteiger partial charge in [0, 0.05) is 18.6 Å². The van der Waals surface area contributed by atoms with Gasteiger partial charge >= 0.3 is 0 Å². The zero-order chi connectivity index (χ0) is 10.8. The van der Waals surface area contributed by atoms with Crippen LogP contribution in [0, 0.1) is 11.8 Å². The molecular weight excluding hydrogens is 184 g/mol. The van der Waals surface area contributed by atoms with Crippen molar-refractivity contribution in [1.82, 2.24) is 10.2 Å². The third kappa shape index (κ3) is 2.36. The molecule has 0 bridgehead atoms. The lowest BCUT2D eigenvalue weighted by Gasteiger charge is -2.30. The molecule has 2 nitrogen and oxygen atoms in total. The first-order valence-electron chi connectivity index (χ1n) is 6.69. The summed E-state index contributed by atoms with van der Waals surface area (Å²) >= 11 is 0. The van der Waals surface area contributed by atoms with E-state index in [4.69, 9.17) is 0 Å². The Morgan fingerprint density at radius 3 is 2.80 bits per heavy atom. The molecule has 2 heteroatoms. The number of fused-ring (bicyclic) bond motifs is 1. The molecule has 0 aromatic rings. The molecule has 2 aliphatic rings. The highest BCUT2D eigenvalue weighted by Gasteiger charge is 2.39. The van der Waals surface area contributed by atoms with Crippen LogP contribution in [0.2, 0.25) is 0 Å². The van der Waals surface area contributed by atoms with Gasteiger partial charge in [-0.3, -0.25) is 4.90 Å². The predicted octanol–water partition coefficient (Wildman–Crippen LogP) is 2.10. The molecule has 2 rings (SSSR count). The Labute approximate surface area is 94.4 Å². The van der Waals surface area contributed by atoms with Crippen LogP contribution in [0.5, 0.6) is 0 Å². The normalized spacial score (nSPS) is 35.4. The molecule has 1 aliphatic carbocycles. The monoisotopic (exact) mass is 210 g/mol. The van der Waals surface area contributed by atoms with E-state index in [1.165, 1.54) is 38.9 Å². The second-order valence-corrected chi connectivity index (χ2v) is 5.55. The Morgan fingerprint density at radius 1 is 1.33 bits per heavy atom. The van der Waals surface area contributed by atoms with Gasteiger partial charge in [-0.25, -0.2) is 0 Å². The van der Waals surface area contributed by atoms with Crippen molar-refractivity contribution in [1.29, 1.82) is 0 Å². The van der Waals surface area contributed by atoms with Gasteiger partial charge in [-0.05, 0) is 51.6 Å². The summed E-state index contributed by atoms with van der Waals surface area (Å²) in [5.74, 6) is 1.98. The molecule has 1 saturated heterocycles. The van der Waals surface area contributed by atoms with Crippen molar-refractivity contribution in [3.63, 3.8) is 0 Å². The highest BCUT2D eigenvalue weighted by Crippen LogP contribution is 2.37. The van der Waals surface area contributed by atoms with Gasteiger partial charge in [0.2, 0.25) is 0 Å². The van der Waals surface area contributed by atoms with Crippen molar-refractivity contribution < 1.29 is 0 Å². The lowest BCUT2D eigenvalue weighted by atomic mass is 9.93. The number of hydrogen-bond donors (Lipinski definition) is 1. The van der Waals surface area contributed by atoms with Crippen molar-refractivity contribution >= 4 is 0 Å². The maximum Gasteiger partial charge on any atom is 0.0226 e. The summed E-state index contributed by atoms with van der Waals surface area (Å²) in [6.07, 6.45) is 4.42. The molecule has 0 amide bonds. The minimum atomic E-state index is 0.692. The SMILES string of the molecule is CCN(CC1NCC2CCCC21)C(C)C. The third-order valence-corrected chi connectivity index (χ3v) is 4.44. The molecule has 88 valence electrons. The first-order chi connectivity index (χ1) is 7.22. The van der Waals surface area contributed by atoms with Crippen LogP contribution in [0.15, 0.2) is 0 Å². The topological polar surface area (TPSA) is 15.3 Å². The first-order valence-corrected chi connectivity index (χ1v) is 6.69. The van der Waals surface area contributed by atoms with Crippen molar-refractivity contribution in [3.8, 4) is 0 Å². The zero-order valence-electron chi connectivity index (χ0n) is 10.5. The van der Waals surface area contributed by atoms with Crippen LogP contribution < -0.4 is 5.32 Å². The van der Waals surface area contributed by atoms with E-state index >= 15 is 0 Å². The Balaban J connectivity index is 1.88. The Kier molecular flexibility index (Phi) is 3.68. The molecule has 15 heavy (non-hydrogen) atoms. The van der Waals surface area contributed by atoms with E-state index in [-0.39, 0.29) is 0 Å². The van der Waals surface area contributed by atoms with E-state index < -0.39 is 0 Å². The molecule has 1 aliphatic heterocycles. The minimum Gasteiger partial charge on any atom is -0.312 e. The van der Waals surface area contributed by atoms with Gasteiger partial charge in [-0.2, -0.15) is 0 Å². The van der Waals surface area contributed by atoms with Gasteiger partial charge in [0.25, 0.3) is 0 Å². The molecule has 1 heterocycles. The van der Waals surface area contributed by atoms with Crippen LogP contribution in [-0.2, 0) is 0 Å². The van der Waals surface area contributed by atoms with Crippen molar-refractivity contribution in [3.05, 3.63) is 0 Å². The average Bonchev–Trinajstić information content (AvgIpc) is 2.76. The van der Waals surface area contributed by atoms with Crippen LogP contribution in [0.4, 0.5) is 0 Å². The maximum atomic E-state index is 3.74. The highest BCUT2D eigenvalue weighted by molar-refractivity contribution is 4.95. The van der Waals surface area contributed by atoms with Gasteiger partial charge in [-0.1, -0.05) is 13.3 Å². The van der Waals surface area contributed by atoms with Gasteiger partial charge in [0.15, 0.2) is 0 Å². The summed E-state index contributed by atoms with van der Waals surface area (Å²) < 4.78 is 0. The quantitative estimate of drug-likeness (QED) is 0.764. The molecule has 0 spiro atoms. The van der Waals surface area contributed by atoms with E-state index in [1.54, 1.807) is 0 Å². The van der Waals surface area contributed by atoms with Crippen molar-refractivity contribution in [2.24, 2.45) is 11.8 Å². The smallest absolute Gasteiger partial charge is 0.0226 e. The summed E-state index contributed by atoms with van der Waals surface area (Å²) in [6, 6.07) is 1.47. The molecule has 3 unspecified atom stereocenters. The fourth-order valence-corrected chi connectivity index (χ4v) is 3.46. The van der Waals surface area contributed by atoms with Crippen molar-refractivity contribution in [2.45, 2.75) is 52.1 Å². The maximum absolute atomic E-state index is 3.74. The average molecular weight is 210 g/mol. The Bertz CT molecular complexity index is 203. The van der Waals surface area contributed by atoms with Crippen LogP contribution in [0.1, 0.15) is 40.0 Å². The van der Waals surface area contributed by atoms with Gasteiger partial charge in [-0.15, -0.1) is 0 Å². The first kappa shape index (κ1) is 11.4. The van der Waals surface area contributed by atoms with Crippen molar-refractivity contribution in [2.75, 3.05) is 19.6 Å². The molecule has 1 N–H and O–H groups in total. The number of hydrogen-bond acceptors (Lipinski definition) is 2. The lowest BCUT2D eigenvalue weighted by Crippen LogP contribution is -2.43. The van der Waals surface area contributed by atoms with E-state index in [0.717, 1.165) is 17.9 Å². The number of likely N-dealkylation sites (N-methyl/N-ethyl adjacent to an activating group) is 1. The second-order valence-electron chi connectivity index (χ2n) is 5.55. The molecule has 0 aromatic carbocycles. The van der Waals surface area contributed by atoms with E-state index in [2.05, 4.69) is 31.0 Å². The van der Waals surface area contributed by atoms with E-state index in [9.17, 15) is 0 Å².